The van der Waals surface area contributed by atoms with Crippen molar-refractivity contribution in [3.63, 3.8) is 0 Å². The van der Waals surface area contributed by atoms with Crippen LogP contribution in [0.4, 0.5) is 0 Å². The molecule has 2 N–H and O–H groups in total. The van der Waals surface area contributed by atoms with Crippen molar-refractivity contribution in [2.75, 3.05) is 6.54 Å². The lowest BCUT2D eigenvalue weighted by atomic mass is 10.2. The van der Waals surface area contributed by atoms with Crippen LogP contribution in [0.1, 0.15) is 22.1 Å². The summed E-state index contributed by atoms with van der Waals surface area (Å²) in [7, 11) is 0. The second kappa shape index (κ2) is 8.67. The molecule has 0 aliphatic carbocycles. The molecule has 4 rings (SSSR count). The Morgan fingerprint density at radius 2 is 2.00 bits per heavy atom. The summed E-state index contributed by atoms with van der Waals surface area (Å²) in [5.41, 5.74) is 1.50. The summed E-state index contributed by atoms with van der Waals surface area (Å²) in [5.74, 6) is 0.484. The number of aryl methyl sites for hydroxylation is 2. The standard InChI is InChI=1S/C21H20N4O2S2/c1-13-23-17(12-28-13)18-7-6-14(29-18)10-11-22-20(26)9-8-19-24-16-5-3-2-4-15(16)21(27)25-19/h2-7,12H,8-11H2,1H3,(H,22,26)(H,24,25,27). The fourth-order valence-electron chi connectivity index (χ4n) is 3.03. The second-order valence-corrected chi connectivity index (χ2v) is 8.88. The zero-order valence-electron chi connectivity index (χ0n) is 15.9. The van der Waals surface area contributed by atoms with Gasteiger partial charge in [-0.1, -0.05) is 12.1 Å². The Balaban J connectivity index is 1.26. The molecule has 1 aromatic carbocycles. The molecule has 4 aromatic rings. The first kappa shape index (κ1) is 19.5. The minimum absolute atomic E-state index is 0.0484. The van der Waals surface area contributed by atoms with Crippen molar-refractivity contribution in [1.29, 1.82) is 0 Å². The number of aromatic amines is 1. The number of rotatable bonds is 7. The average molecular weight is 425 g/mol. The van der Waals surface area contributed by atoms with E-state index >= 15 is 0 Å². The van der Waals surface area contributed by atoms with Gasteiger partial charge in [-0.05, 0) is 37.6 Å². The third-order valence-corrected chi connectivity index (χ3v) is 6.42. The summed E-state index contributed by atoms with van der Waals surface area (Å²) in [6.45, 7) is 2.58. The average Bonchev–Trinajstić information content (AvgIpc) is 3.35. The van der Waals surface area contributed by atoms with Gasteiger partial charge in [-0.2, -0.15) is 0 Å². The highest BCUT2D eigenvalue weighted by Gasteiger charge is 2.08. The van der Waals surface area contributed by atoms with Crippen molar-refractivity contribution in [3.05, 3.63) is 67.8 Å². The molecule has 8 heteroatoms. The van der Waals surface area contributed by atoms with Crippen LogP contribution in [0.2, 0.25) is 0 Å². The van der Waals surface area contributed by atoms with Gasteiger partial charge in [-0.15, -0.1) is 22.7 Å². The fraction of sp³-hybridized carbons (Fsp3) is 0.238. The third-order valence-electron chi connectivity index (χ3n) is 4.48. The van der Waals surface area contributed by atoms with Gasteiger partial charge in [0.1, 0.15) is 5.82 Å². The molecule has 0 spiro atoms. The number of carbonyl (C=O) groups excluding carboxylic acids is 1. The maximum Gasteiger partial charge on any atom is 0.258 e. The van der Waals surface area contributed by atoms with Crippen molar-refractivity contribution in [3.8, 4) is 10.6 Å². The lowest BCUT2D eigenvalue weighted by molar-refractivity contribution is -0.121. The van der Waals surface area contributed by atoms with Gasteiger partial charge in [-0.3, -0.25) is 9.59 Å². The van der Waals surface area contributed by atoms with Gasteiger partial charge in [-0.25, -0.2) is 9.97 Å². The summed E-state index contributed by atoms with van der Waals surface area (Å²) in [6, 6.07) is 11.4. The Bertz CT molecular complexity index is 1210. The van der Waals surface area contributed by atoms with Crippen molar-refractivity contribution in [1.82, 2.24) is 20.3 Å². The van der Waals surface area contributed by atoms with Gasteiger partial charge in [0.25, 0.3) is 5.56 Å². The Morgan fingerprint density at radius 3 is 2.83 bits per heavy atom. The van der Waals surface area contributed by atoms with E-state index in [2.05, 4.69) is 37.8 Å². The van der Waals surface area contributed by atoms with Gasteiger partial charge in [0.05, 0.1) is 26.5 Å². The van der Waals surface area contributed by atoms with Crippen LogP contribution in [0.15, 0.2) is 46.6 Å². The van der Waals surface area contributed by atoms with E-state index in [-0.39, 0.29) is 17.9 Å². The van der Waals surface area contributed by atoms with Crippen molar-refractivity contribution < 1.29 is 4.79 Å². The molecule has 3 heterocycles. The van der Waals surface area contributed by atoms with Crippen LogP contribution in [0.5, 0.6) is 0 Å². The summed E-state index contributed by atoms with van der Waals surface area (Å²) < 4.78 is 0. The van der Waals surface area contributed by atoms with Crippen LogP contribution in [-0.2, 0) is 17.6 Å². The normalized spacial score (nSPS) is 11.1. The molecule has 0 saturated heterocycles. The molecule has 0 aliphatic heterocycles. The van der Waals surface area contributed by atoms with Crippen LogP contribution in [0.3, 0.4) is 0 Å². The van der Waals surface area contributed by atoms with Gasteiger partial charge in [0.2, 0.25) is 5.91 Å². The molecule has 0 radical (unpaired) electrons. The molecule has 6 nitrogen and oxygen atoms in total. The zero-order chi connectivity index (χ0) is 20.2. The highest BCUT2D eigenvalue weighted by molar-refractivity contribution is 7.16. The molecule has 29 heavy (non-hydrogen) atoms. The molecule has 0 saturated carbocycles. The largest absolute Gasteiger partial charge is 0.356 e. The maximum atomic E-state index is 12.1. The molecular weight excluding hydrogens is 404 g/mol. The van der Waals surface area contributed by atoms with Crippen LogP contribution in [0, 0.1) is 6.92 Å². The fourth-order valence-corrected chi connectivity index (χ4v) is 4.68. The molecule has 0 bridgehead atoms. The number of nitrogens with one attached hydrogen (secondary N) is 2. The highest BCUT2D eigenvalue weighted by atomic mass is 32.1. The first-order valence-corrected chi connectivity index (χ1v) is 11.0. The maximum absolute atomic E-state index is 12.1. The zero-order valence-corrected chi connectivity index (χ0v) is 17.5. The number of aromatic nitrogens is 3. The molecule has 3 aromatic heterocycles. The summed E-state index contributed by atoms with van der Waals surface area (Å²) >= 11 is 3.35. The Hall–Kier alpha value is -2.84. The summed E-state index contributed by atoms with van der Waals surface area (Å²) in [4.78, 5) is 38.3. The number of carbonyl (C=O) groups is 1. The van der Waals surface area contributed by atoms with Gasteiger partial charge >= 0.3 is 0 Å². The topological polar surface area (TPSA) is 87.7 Å². The highest BCUT2D eigenvalue weighted by Crippen LogP contribution is 2.29. The van der Waals surface area contributed by atoms with E-state index in [1.165, 1.54) is 4.88 Å². The minimum atomic E-state index is -0.171. The number of para-hydroxylation sites is 1. The third kappa shape index (κ3) is 4.78. The Labute approximate surface area is 175 Å². The number of amides is 1. The number of thiazole rings is 1. The number of hydrogen-bond acceptors (Lipinski definition) is 6. The molecular formula is C21H20N4O2S2. The van der Waals surface area contributed by atoms with Crippen LogP contribution >= 0.6 is 22.7 Å². The van der Waals surface area contributed by atoms with E-state index in [1.54, 1.807) is 40.9 Å². The molecule has 148 valence electrons. The molecule has 0 unspecified atom stereocenters. The van der Waals surface area contributed by atoms with E-state index in [4.69, 9.17) is 0 Å². The van der Waals surface area contributed by atoms with Crippen LogP contribution in [-0.4, -0.2) is 27.4 Å². The van der Waals surface area contributed by atoms with Crippen LogP contribution in [0.25, 0.3) is 21.5 Å². The number of H-pyrrole nitrogens is 1. The Kier molecular flexibility index (Phi) is 5.82. The lowest BCUT2D eigenvalue weighted by Gasteiger charge is -2.05. The number of fused-ring (bicyclic) bond motifs is 1. The quantitative estimate of drug-likeness (QED) is 0.473. The first-order chi connectivity index (χ1) is 14.1. The molecule has 0 atom stereocenters. The second-order valence-electron chi connectivity index (χ2n) is 6.65. The van der Waals surface area contributed by atoms with Gasteiger partial charge < -0.3 is 10.3 Å². The minimum Gasteiger partial charge on any atom is -0.356 e. The number of thiophene rings is 1. The number of hydrogen-bond donors (Lipinski definition) is 2. The summed E-state index contributed by atoms with van der Waals surface area (Å²) in [6.07, 6.45) is 1.47. The molecule has 0 fully saturated rings. The predicted molar refractivity (Wildman–Crippen MR) is 118 cm³/mol. The van der Waals surface area contributed by atoms with E-state index < -0.39 is 0 Å². The van der Waals surface area contributed by atoms with E-state index in [0.717, 1.165) is 22.0 Å². The number of nitrogens with zero attached hydrogens (tertiary/aromatic N) is 2. The van der Waals surface area contributed by atoms with E-state index in [1.807, 2.05) is 13.0 Å². The summed E-state index contributed by atoms with van der Waals surface area (Å²) in [5, 5.41) is 6.63. The van der Waals surface area contributed by atoms with Crippen molar-refractivity contribution >= 4 is 39.5 Å². The lowest BCUT2D eigenvalue weighted by Crippen LogP contribution is -2.26. The van der Waals surface area contributed by atoms with Gasteiger partial charge in [0.15, 0.2) is 0 Å². The van der Waals surface area contributed by atoms with E-state index in [0.29, 0.717) is 29.7 Å². The SMILES string of the molecule is Cc1nc(-c2ccc(CCNC(=O)CCc3nc4ccccc4c(=O)[nH]3)s2)cs1. The smallest absolute Gasteiger partial charge is 0.258 e. The van der Waals surface area contributed by atoms with Crippen molar-refractivity contribution in [2.24, 2.45) is 0 Å². The van der Waals surface area contributed by atoms with E-state index in [9.17, 15) is 9.59 Å². The van der Waals surface area contributed by atoms with Crippen LogP contribution < -0.4 is 10.9 Å². The monoisotopic (exact) mass is 424 g/mol. The molecule has 1 amide bonds. The number of benzene rings is 1. The predicted octanol–water partition coefficient (Wildman–Crippen LogP) is 3.71. The Morgan fingerprint density at radius 1 is 1.14 bits per heavy atom. The molecule has 0 aliphatic rings. The van der Waals surface area contributed by atoms with Crippen molar-refractivity contribution in [2.45, 2.75) is 26.2 Å². The first-order valence-electron chi connectivity index (χ1n) is 9.34. The van der Waals surface area contributed by atoms with Gasteiger partial charge in [0, 0.05) is 29.6 Å².